The average molecular weight is 329 g/mol. The van der Waals surface area contributed by atoms with E-state index in [9.17, 15) is 4.79 Å². The molecule has 7 nitrogen and oxygen atoms in total. The predicted molar refractivity (Wildman–Crippen MR) is 89.9 cm³/mol. The van der Waals surface area contributed by atoms with E-state index in [1.165, 1.54) is 0 Å². The fraction of sp³-hybridized carbons (Fsp3) is 0.529. The van der Waals surface area contributed by atoms with Crippen LogP contribution in [0.3, 0.4) is 0 Å². The van der Waals surface area contributed by atoms with Gasteiger partial charge in [-0.2, -0.15) is 0 Å². The summed E-state index contributed by atoms with van der Waals surface area (Å²) in [5.74, 6) is 2.03. The van der Waals surface area contributed by atoms with Crippen LogP contribution in [-0.4, -0.2) is 39.5 Å². The Bertz CT molecular complexity index is 755. The average Bonchev–Trinajstić information content (AvgIpc) is 3.20. The first-order chi connectivity index (χ1) is 11.5. The standard InChI is InChI=1S/C17H23N5O2/c1-5-12-16(10(2)24-21-12)17(23)22-8-6-7-14(22)13-9-15(18-4)20-11(3)19-13/h9,14H,5-8H2,1-4H3,(H,18,19,20)/t14-/m1/s1. The van der Waals surface area contributed by atoms with Crippen molar-refractivity contribution in [2.75, 3.05) is 18.9 Å². The minimum atomic E-state index is -0.0368. The molecule has 2 aromatic rings. The summed E-state index contributed by atoms with van der Waals surface area (Å²) in [5, 5.41) is 7.06. The van der Waals surface area contributed by atoms with Gasteiger partial charge < -0.3 is 14.7 Å². The first-order valence-electron chi connectivity index (χ1n) is 8.34. The smallest absolute Gasteiger partial charge is 0.259 e. The molecule has 1 N–H and O–H groups in total. The van der Waals surface area contributed by atoms with Gasteiger partial charge in [-0.25, -0.2) is 9.97 Å². The third kappa shape index (κ3) is 2.86. The number of anilines is 1. The molecule has 0 aliphatic carbocycles. The monoisotopic (exact) mass is 329 g/mol. The Morgan fingerprint density at radius 3 is 2.92 bits per heavy atom. The van der Waals surface area contributed by atoms with Gasteiger partial charge in [-0.1, -0.05) is 12.1 Å². The van der Waals surface area contributed by atoms with Gasteiger partial charge in [0.25, 0.3) is 5.91 Å². The van der Waals surface area contributed by atoms with Crippen LogP contribution in [0.1, 0.15) is 59.1 Å². The number of carbonyl (C=O) groups is 1. The number of amides is 1. The fourth-order valence-corrected chi connectivity index (χ4v) is 3.28. The number of rotatable bonds is 4. The minimum Gasteiger partial charge on any atom is -0.373 e. The maximum Gasteiger partial charge on any atom is 0.259 e. The van der Waals surface area contributed by atoms with Crippen molar-refractivity contribution in [2.24, 2.45) is 0 Å². The molecule has 1 amide bonds. The molecule has 3 rings (SSSR count). The molecule has 1 aliphatic heterocycles. The second-order valence-corrected chi connectivity index (χ2v) is 6.05. The van der Waals surface area contributed by atoms with Crippen LogP contribution >= 0.6 is 0 Å². The van der Waals surface area contributed by atoms with Crippen LogP contribution in [0.25, 0.3) is 0 Å². The number of likely N-dealkylation sites (tertiary alicyclic amines) is 1. The zero-order valence-corrected chi connectivity index (χ0v) is 14.6. The number of nitrogens with one attached hydrogen (secondary N) is 1. The van der Waals surface area contributed by atoms with Crippen molar-refractivity contribution in [3.8, 4) is 0 Å². The lowest BCUT2D eigenvalue weighted by Gasteiger charge is -2.24. The molecule has 24 heavy (non-hydrogen) atoms. The van der Waals surface area contributed by atoms with Gasteiger partial charge in [0.1, 0.15) is 23.0 Å². The summed E-state index contributed by atoms with van der Waals surface area (Å²) in [6.45, 7) is 6.35. The van der Waals surface area contributed by atoms with Crippen molar-refractivity contribution in [1.29, 1.82) is 0 Å². The highest BCUT2D eigenvalue weighted by atomic mass is 16.5. The molecular weight excluding hydrogens is 306 g/mol. The van der Waals surface area contributed by atoms with E-state index in [1.807, 2.05) is 31.9 Å². The lowest BCUT2D eigenvalue weighted by atomic mass is 10.1. The first-order valence-corrected chi connectivity index (χ1v) is 8.34. The third-order valence-electron chi connectivity index (χ3n) is 4.45. The molecule has 1 atom stereocenters. The fourth-order valence-electron chi connectivity index (χ4n) is 3.28. The number of hydrogen-bond acceptors (Lipinski definition) is 6. The van der Waals surface area contributed by atoms with Gasteiger partial charge in [-0.05, 0) is 33.1 Å². The van der Waals surface area contributed by atoms with Gasteiger partial charge in [-0.3, -0.25) is 4.79 Å². The van der Waals surface area contributed by atoms with E-state index >= 15 is 0 Å². The molecular formula is C17H23N5O2. The second kappa shape index (κ2) is 6.59. The molecule has 0 aromatic carbocycles. The lowest BCUT2D eigenvalue weighted by Crippen LogP contribution is -2.32. The molecule has 0 unspecified atom stereocenters. The van der Waals surface area contributed by atoms with Crippen molar-refractivity contribution in [1.82, 2.24) is 20.0 Å². The van der Waals surface area contributed by atoms with Crippen molar-refractivity contribution >= 4 is 11.7 Å². The molecule has 1 fully saturated rings. The number of nitrogens with zero attached hydrogens (tertiary/aromatic N) is 4. The summed E-state index contributed by atoms with van der Waals surface area (Å²) >= 11 is 0. The maximum atomic E-state index is 13.1. The third-order valence-corrected chi connectivity index (χ3v) is 4.45. The van der Waals surface area contributed by atoms with Crippen molar-refractivity contribution < 1.29 is 9.32 Å². The molecule has 0 bridgehead atoms. The van der Waals surface area contributed by atoms with Gasteiger partial charge in [0, 0.05) is 19.7 Å². The highest BCUT2D eigenvalue weighted by molar-refractivity contribution is 5.96. The molecule has 3 heterocycles. The molecule has 0 saturated carbocycles. The van der Waals surface area contributed by atoms with Gasteiger partial charge in [0.05, 0.1) is 17.4 Å². The summed E-state index contributed by atoms with van der Waals surface area (Å²) in [6.07, 6.45) is 2.53. The van der Waals surface area contributed by atoms with Crippen molar-refractivity contribution in [3.63, 3.8) is 0 Å². The van der Waals surface area contributed by atoms with Crippen molar-refractivity contribution in [2.45, 2.75) is 46.1 Å². The number of hydrogen-bond donors (Lipinski definition) is 1. The topological polar surface area (TPSA) is 84.2 Å². The lowest BCUT2D eigenvalue weighted by molar-refractivity contribution is 0.0730. The second-order valence-electron chi connectivity index (χ2n) is 6.05. The van der Waals surface area contributed by atoms with Crippen LogP contribution in [0.5, 0.6) is 0 Å². The van der Waals surface area contributed by atoms with Crippen molar-refractivity contribution in [3.05, 3.63) is 34.6 Å². The van der Waals surface area contributed by atoms with Crippen LogP contribution in [0.4, 0.5) is 5.82 Å². The van der Waals surface area contributed by atoms with Gasteiger partial charge in [0.15, 0.2) is 0 Å². The van der Waals surface area contributed by atoms with E-state index in [1.54, 1.807) is 6.92 Å². The summed E-state index contributed by atoms with van der Waals surface area (Å²) in [7, 11) is 1.83. The van der Waals surface area contributed by atoms with E-state index in [2.05, 4.69) is 20.4 Å². The summed E-state index contributed by atoms with van der Waals surface area (Å²) in [6, 6.07) is 1.88. The highest BCUT2D eigenvalue weighted by Crippen LogP contribution is 2.34. The van der Waals surface area contributed by atoms with E-state index in [0.717, 1.165) is 36.6 Å². The molecule has 1 saturated heterocycles. The highest BCUT2D eigenvalue weighted by Gasteiger charge is 2.34. The Balaban J connectivity index is 1.95. The quantitative estimate of drug-likeness (QED) is 0.928. The Hall–Kier alpha value is -2.44. The van der Waals surface area contributed by atoms with Crippen LogP contribution < -0.4 is 5.32 Å². The van der Waals surface area contributed by atoms with E-state index < -0.39 is 0 Å². The van der Waals surface area contributed by atoms with Gasteiger partial charge >= 0.3 is 0 Å². The maximum absolute atomic E-state index is 13.1. The van der Waals surface area contributed by atoms with Crippen LogP contribution in [0.15, 0.2) is 10.6 Å². The summed E-state index contributed by atoms with van der Waals surface area (Å²) < 4.78 is 5.23. The number of aromatic nitrogens is 3. The van der Waals surface area contributed by atoms with Gasteiger partial charge in [-0.15, -0.1) is 0 Å². The molecule has 128 valence electrons. The molecule has 1 aliphatic rings. The number of carbonyl (C=O) groups excluding carboxylic acids is 1. The molecule has 0 radical (unpaired) electrons. The minimum absolute atomic E-state index is 0.0182. The van der Waals surface area contributed by atoms with Crippen LogP contribution in [0.2, 0.25) is 0 Å². The zero-order valence-electron chi connectivity index (χ0n) is 14.6. The number of aryl methyl sites for hydroxylation is 3. The Morgan fingerprint density at radius 2 is 2.21 bits per heavy atom. The molecule has 2 aromatic heterocycles. The van der Waals surface area contributed by atoms with E-state index in [-0.39, 0.29) is 11.9 Å². The van der Waals surface area contributed by atoms with E-state index in [4.69, 9.17) is 4.52 Å². The normalized spacial score (nSPS) is 17.3. The first kappa shape index (κ1) is 16.4. The zero-order chi connectivity index (χ0) is 17.3. The van der Waals surface area contributed by atoms with Gasteiger partial charge in [0.2, 0.25) is 0 Å². The molecule has 7 heteroatoms. The Morgan fingerprint density at radius 1 is 1.42 bits per heavy atom. The Kier molecular flexibility index (Phi) is 4.51. The SMILES string of the molecule is CCc1noc(C)c1C(=O)N1CCC[C@@H]1c1cc(NC)nc(C)n1. The largest absolute Gasteiger partial charge is 0.373 e. The van der Waals surface area contributed by atoms with Crippen LogP contribution in [0, 0.1) is 13.8 Å². The van der Waals surface area contributed by atoms with Crippen LogP contribution in [-0.2, 0) is 6.42 Å². The van der Waals surface area contributed by atoms with E-state index in [0.29, 0.717) is 23.6 Å². The summed E-state index contributed by atoms with van der Waals surface area (Å²) in [4.78, 5) is 23.9. The summed E-state index contributed by atoms with van der Waals surface area (Å²) in [5.41, 5.74) is 2.20. The molecule has 0 spiro atoms. The Labute approximate surface area is 141 Å². The predicted octanol–water partition coefficient (Wildman–Crippen LogP) is 2.66.